The van der Waals surface area contributed by atoms with Crippen LogP contribution < -0.4 is 19.1 Å². The van der Waals surface area contributed by atoms with Crippen molar-refractivity contribution < 1.29 is 14.2 Å². The summed E-state index contributed by atoms with van der Waals surface area (Å²) in [7, 11) is 0. The van der Waals surface area contributed by atoms with Gasteiger partial charge in [-0.1, -0.05) is 147 Å². The fraction of sp³-hybridized carbons (Fsp3) is 0.0333. The molecule has 310 valence electrons. The van der Waals surface area contributed by atoms with E-state index < -0.39 is 0 Å². The zero-order valence-corrected chi connectivity index (χ0v) is 35.5. The lowest BCUT2D eigenvalue weighted by Gasteiger charge is -2.27. The van der Waals surface area contributed by atoms with Crippen molar-refractivity contribution in [2.24, 2.45) is 0 Å². The van der Waals surface area contributed by atoms with Gasteiger partial charge in [-0.2, -0.15) is 0 Å². The fourth-order valence-electron chi connectivity index (χ4n) is 7.80. The maximum absolute atomic E-state index is 6.30. The first-order valence-electron chi connectivity index (χ1n) is 21.4. The number of allylic oxidation sites excluding steroid dienone is 4. The Morgan fingerprint density at radius 2 is 0.812 bits per heavy atom. The number of anilines is 3. The summed E-state index contributed by atoms with van der Waals surface area (Å²) in [6.07, 6.45) is 12.6. The maximum Gasteiger partial charge on any atom is 0.128 e. The van der Waals surface area contributed by atoms with Crippen molar-refractivity contribution in [3.8, 4) is 51.0 Å². The summed E-state index contributed by atoms with van der Waals surface area (Å²) < 4.78 is 18.7. The first-order valence-corrected chi connectivity index (χ1v) is 21.4. The standard InChI is InChI=1S/C60H47NO3/c1-4-43-16-34-55(35-17-43)62-58-13-7-10-49(40-58)46-22-28-52(29-23-46)61(53-30-24-47(25-31-53)50-11-8-14-59(41-50)63-56-36-18-44(5-2)19-37-56)54-32-26-48(27-33-54)51-12-9-15-60(42-51)64-57-38-20-45(6-3)21-39-57/h4-41,51H,1-3,42H2. The molecule has 0 aromatic heterocycles. The number of ether oxygens (including phenoxy) is 3. The summed E-state index contributed by atoms with van der Waals surface area (Å²) in [5, 5.41) is 0. The lowest BCUT2D eigenvalue weighted by Crippen LogP contribution is -2.10. The molecule has 1 atom stereocenters. The van der Waals surface area contributed by atoms with E-state index >= 15 is 0 Å². The molecule has 64 heavy (non-hydrogen) atoms. The summed E-state index contributed by atoms with van der Waals surface area (Å²) in [6.45, 7) is 11.6. The second-order valence-corrected chi connectivity index (χ2v) is 15.5. The van der Waals surface area contributed by atoms with Crippen molar-refractivity contribution in [3.05, 3.63) is 260 Å². The van der Waals surface area contributed by atoms with Crippen LogP contribution in [-0.4, -0.2) is 0 Å². The highest BCUT2D eigenvalue weighted by molar-refractivity contribution is 5.80. The molecule has 0 amide bonds. The van der Waals surface area contributed by atoms with Crippen LogP contribution in [0.5, 0.6) is 28.7 Å². The summed E-state index contributed by atoms with van der Waals surface area (Å²) >= 11 is 0. The number of hydrogen-bond acceptors (Lipinski definition) is 4. The molecule has 0 heterocycles. The van der Waals surface area contributed by atoms with Gasteiger partial charge >= 0.3 is 0 Å². The molecule has 0 radical (unpaired) electrons. The first-order chi connectivity index (χ1) is 31.5. The van der Waals surface area contributed by atoms with E-state index in [-0.39, 0.29) is 5.92 Å². The van der Waals surface area contributed by atoms with Crippen LogP contribution in [0.25, 0.3) is 40.5 Å². The van der Waals surface area contributed by atoms with Crippen LogP contribution in [0, 0.1) is 0 Å². The molecule has 0 spiro atoms. The van der Waals surface area contributed by atoms with Gasteiger partial charge in [-0.25, -0.2) is 0 Å². The van der Waals surface area contributed by atoms with Crippen LogP contribution in [0.4, 0.5) is 17.1 Å². The van der Waals surface area contributed by atoms with Crippen molar-refractivity contribution in [1.29, 1.82) is 0 Å². The molecule has 8 aromatic rings. The van der Waals surface area contributed by atoms with Crippen LogP contribution in [-0.2, 0) is 0 Å². The van der Waals surface area contributed by atoms with Gasteiger partial charge in [-0.15, -0.1) is 0 Å². The average Bonchev–Trinajstić information content (AvgIpc) is 3.36. The van der Waals surface area contributed by atoms with E-state index in [0.29, 0.717) is 0 Å². The molecule has 1 unspecified atom stereocenters. The van der Waals surface area contributed by atoms with Gasteiger partial charge in [0.2, 0.25) is 0 Å². The molecule has 0 bridgehead atoms. The molecule has 1 aliphatic rings. The smallest absolute Gasteiger partial charge is 0.128 e. The van der Waals surface area contributed by atoms with E-state index in [2.05, 4.69) is 140 Å². The predicted molar refractivity (Wildman–Crippen MR) is 267 cm³/mol. The van der Waals surface area contributed by atoms with Crippen molar-refractivity contribution in [2.75, 3.05) is 4.90 Å². The van der Waals surface area contributed by atoms with Gasteiger partial charge in [0.05, 0.1) is 0 Å². The first kappa shape index (κ1) is 41.0. The molecule has 1 aliphatic carbocycles. The van der Waals surface area contributed by atoms with Crippen LogP contribution in [0.15, 0.2) is 238 Å². The predicted octanol–water partition coefficient (Wildman–Crippen LogP) is 17.0. The highest BCUT2D eigenvalue weighted by Crippen LogP contribution is 2.39. The Labute approximate surface area is 376 Å². The topological polar surface area (TPSA) is 30.9 Å². The molecule has 0 saturated heterocycles. The van der Waals surface area contributed by atoms with E-state index in [1.807, 2.05) is 115 Å². The lowest BCUT2D eigenvalue weighted by molar-refractivity contribution is 0.395. The second-order valence-electron chi connectivity index (χ2n) is 15.5. The minimum atomic E-state index is 0.186. The molecule has 4 nitrogen and oxygen atoms in total. The summed E-state index contributed by atoms with van der Waals surface area (Å²) in [5.41, 5.74) is 11.8. The highest BCUT2D eigenvalue weighted by Gasteiger charge is 2.18. The van der Waals surface area contributed by atoms with Gasteiger partial charge in [0.25, 0.3) is 0 Å². The Bertz CT molecular complexity index is 2800. The Morgan fingerprint density at radius 3 is 1.23 bits per heavy atom. The lowest BCUT2D eigenvalue weighted by atomic mass is 9.91. The van der Waals surface area contributed by atoms with Crippen LogP contribution >= 0.6 is 0 Å². The average molecular weight is 830 g/mol. The Kier molecular flexibility index (Phi) is 12.3. The molecule has 0 saturated carbocycles. The normalized spacial score (nSPS) is 13.0. The third-order valence-corrected chi connectivity index (χ3v) is 11.3. The minimum Gasteiger partial charge on any atom is -0.462 e. The zero-order valence-electron chi connectivity index (χ0n) is 35.5. The maximum atomic E-state index is 6.30. The van der Waals surface area contributed by atoms with E-state index in [0.717, 1.165) is 96.9 Å². The third kappa shape index (κ3) is 9.73. The summed E-state index contributed by atoms with van der Waals surface area (Å²) in [6, 6.07) is 66.5. The van der Waals surface area contributed by atoms with Crippen molar-refractivity contribution in [3.63, 3.8) is 0 Å². The quantitative estimate of drug-likeness (QED) is 0.103. The molecule has 0 aliphatic heterocycles. The van der Waals surface area contributed by atoms with E-state index in [1.54, 1.807) is 0 Å². The van der Waals surface area contributed by atoms with Crippen LogP contribution in [0.2, 0.25) is 0 Å². The molecule has 4 heteroatoms. The summed E-state index contributed by atoms with van der Waals surface area (Å²) in [4.78, 5) is 2.30. The molecule has 9 rings (SSSR count). The molecule has 0 N–H and O–H groups in total. The Hall–Kier alpha value is -8.34. The number of rotatable bonds is 15. The molecule has 8 aromatic carbocycles. The second kappa shape index (κ2) is 19.1. The third-order valence-electron chi connectivity index (χ3n) is 11.3. The fourth-order valence-corrected chi connectivity index (χ4v) is 7.80. The Balaban J connectivity index is 0.979. The molecular formula is C60H47NO3. The van der Waals surface area contributed by atoms with Crippen molar-refractivity contribution in [1.82, 2.24) is 0 Å². The van der Waals surface area contributed by atoms with Gasteiger partial charge in [0.1, 0.15) is 34.5 Å². The number of hydrogen-bond donors (Lipinski definition) is 0. The van der Waals surface area contributed by atoms with E-state index in [1.165, 1.54) is 5.56 Å². The SMILES string of the molecule is C=Cc1ccc(OC2=CC=CC(c3ccc(N(c4ccc(-c5cccc(Oc6ccc(C=C)cc6)c5)cc4)c4ccc(-c5cccc(Oc6ccc(C=C)cc6)c5)cc4)cc3)C2)cc1. The minimum absolute atomic E-state index is 0.186. The largest absolute Gasteiger partial charge is 0.462 e. The van der Waals surface area contributed by atoms with E-state index in [4.69, 9.17) is 14.2 Å². The van der Waals surface area contributed by atoms with E-state index in [9.17, 15) is 0 Å². The van der Waals surface area contributed by atoms with Gasteiger partial charge in [0.15, 0.2) is 0 Å². The monoisotopic (exact) mass is 829 g/mol. The van der Waals surface area contributed by atoms with Crippen molar-refractivity contribution in [2.45, 2.75) is 12.3 Å². The van der Waals surface area contributed by atoms with Crippen LogP contribution in [0.1, 0.15) is 34.6 Å². The highest BCUT2D eigenvalue weighted by atomic mass is 16.5. The zero-order chi connectivity index (χ0) is 43.7. The van der Waals surface area contributed by atoms with Gasteiger partial charge < -0.3 is 19.1 Å². The Morgan fingerprint density at radius 1 is 0.406 bits per heavy atom. The van der Waals surface area contributed by atoms with Gasteiger partial charge in [-0.05, 0) is 148 Å². The van der Waals surface area contributed by atoms with Crippen LogP contribution in [0.3, 0.4) is 0 Å². The van der Waals surface area contributed by atoms with Gasteiger partial charge in [-0.3, -0.25) is 0 Å². The summed E-state index contributed by atoms with van der Waals surface area (Å²) in [5.74, 6) is 5.05. The molecular weight excluding hydrogens is 783 g/mol. The number of nitrogens with zero attached hydrogens (tertiary/aromatic N) is 1. The number of benzene rings is 8. The molecule has 0 fully saturated rings. The van der Waals surface area contributed by atoms with Gasteiger partial charge in [0, 0.05) is 29.4 Å². The van der Waals surface area contributed by atoms with Crippen molar-refractivity contribution >= 4 is 35.3 Å².